The van der Waals surface area contributed by atoms with Gasteiger partial charge in [-0.15, -0.1) is 22.7 Å². The molecule has 4 heterocycles. The summed E-state index contributed by atoms with van der Waals surface area (Å²) in [5.74, 6) is 2.00. The zero-order valence-corrected chi connectivity index (χ0v) is 32.1. The van der Waals surface area contributed by atoms with Crippen LogP contribution in [0.15, 0.2) is 182 Å². The lowest BCUT2D eigenvalue weighted by molar-refractivity contribution is 1.07. The van der Waals surface area contributed by atoms with Crippen LogP contribution in [0.25, 0.3) is 113 Å². The van der Waals surface area contributed by atoms with Crippen LogP contribution in [0.2, 0.25) is 0 Å². The van der Waals surface area contributed by atoms with Crippen molar-refractivity contribution in [1.29, 1.82) is 0 Å². The Morgan fingerprint density at radius 3 is 1.32 bits per heavy atom. The third-order valence-corrected chi connectivity index (χ3v) is 13.3. The van der Waals surface area contributed by atoms with Crippen LogP contribution in [0.3, 0.4) is 0 Å². The predicted octanol–water partition coefficient (Wildman–Crippen LogP) is 14.4. The van der Waals surface area contributed by atoms with Crippen LogP contribution in [-0.4, -0.2) is 19.5 Å². The van der Waals surface area contributed by atoms with Crippen LogP contribution >= 0.6 is 22.7 Å². The van der Waals surface area contributed by atoms with E-state index in [2.05, 4.69) is 126 Å². The zero-order chi connectivity index (χ0) is 37.5. The summed E-state index contributed by atoms with van der Waals surface area (Å²) < 4.78 is 7.50. The Labute approximate surface area is 335 Å². The molecule has 4 nitrogen and oxygen atoms in total. The summed E-state index contributed by atoms with van der Waals surface area (Å²) in [5.41, 5.74) is 8.99. The topological polar surface area (TPSA) is 43.6 Å². The van der Waals surface area contributed by atoms with Crippen molar-refractivity contribution in [3.05, 3.63) is 182 Å². The van der Waals surface area contributed by atoms with E-state index in [4.69, 9.17) is 15.0 Å². The first-order chi connectivity index (χ1) is 28.2. The minimum Gasteiger partial charge on any atom is -0.309 e. The second kappa shape index (κ2) is 12.8. The molecule has 0 N–H and O–H groups in total. The van der Waals surface area contributed by atoms with Crippen LogP contribution in [0, 0.1) is 0 Å². The van der Waals surface area contributed by atoms with Crippen molar-refractivity contribution >= 4 is 84.8 Å². The number of benzene rings is 8. The van der Waals surface area contributed by atoms with E-state index in [0.717, 1.165) is 16.7 Å². The lowest BCUT2D eigenvalue weighted by Gasteiger charge is -2.08. The molecule has 0 fully saturated rings. The molecule has 0 saturated carbocycles. The summed E-state index contributed by atoms with van der Waals surface area (Å²) in [7, 11) is 0. The molecule has 0 aliphatic rings. The van der Waals surface area contributed by atoms with Gasteiger partial charge >= 0.3 is 0 Å². The summed E-state index contributed by atoms with van der Waals surface area (Å²) in [5, 5.41) is 7.59. The monoisotopic (exact) mass is 762 g/mol. The van der Waals surface area contributed by atoms with Crippen molar-refractivity contribution in [2.45, 2.75) is 0 Å². The van der Waals surface area contributed by atoms with Gasteiger partial charge in [0.05, 0.1) is 11.0 Å². The largest absolute Gasteiger partial charge is 0.309 e. The maximum Gasteiger partial charge on any atom is 0.164 e. The third-order valence-electron chi connectivity index (χ3n) is 11.1. The lowest BCUT2D eigenvalue weighted by atomic mass is 10.0. The predicted molar refractivity (Wildman–Crippen MR) is 242 cm³/mol. The molecular formula is C51H30N4S2. The number of fused-ring (bicyclic) bond motifs is 9. The highest BCUT2D eigenvalue weighted by Gasteiger charge is 2.16. The normalized spacial score (nSPS) is 11.9. The van der Waals surface area contributed by atoms with Crippen LogP contribution in [0.5, 0.6) is 0 Å². The van der Waals surface area contributed by atoms with E-state index in [1.807, 2.05) is 83.3 Å². The average Bonchev–Trinajstić information content (AvgIpc) is 3.95. The first-order valence-electron chi connectivity index (χ1n) is 19.0. The summed E-state index contributed by atoms with van der Waals surface area (Å²) >= 11 is 3.70. The molecule has 12 aromatic rings. The number of nitrogens with zero attached hydrogens (tertiary/aromatic N) is 4. The maximum absolute atomic E-state index is 4.99. The molecule has 0 atom stereocenters. The molecule has 12 rings (SSSR count). The van der Waals surface area contributed by atoms with E-state index in [1.165, 1.54) is 79.0 Å². The van der Waals surface area contributed by atoms with Gasteiger partial charge in [0.2, 0.25) is 0 Å². The van der Waals surface area contributed by atoms with Crippen molar-refractivity contribution in [1.82, 2.24) is 19.5 Å². The Morgan fingerprint density at radius 2 is 0.754 bits per heavy atom. The van der Waals surface area contributed by atoms with Crippen molar-refractivity contribution in [3.63, 3.8) is 0 Å². The molecule has 0 unspecified atom stereocenters. The zero-order valence-electron chi connectivity index (χ0n) is 30.4. The second-order valence-electron chi connectivity index (χ2n) is 14.4. The summed E-state index contributed by atoms with van der Waals surface area (Å²) in [6.07, 6.45) is 0. The fourth-order valence-electron chi connectivity index (χ4n) is 8.32. The minimum absolute atomic E-state index is 0.665. The van der Waals surface area contributed by atoms with Gasteiger partial charge in [-0.3, -0.25) is 0 Å². The van der Waals surface area contributed by atoms with E-state index in [-0.39, 0.29) is 0 Å². The highest BCUT2D eigenvalue weighted by molar-refractivity contribution is 7.26. The van der Waals surface area contributed by atoms with Crippen molar-refractivity contribution in [2.24, 2.45) is 0 Å². The van der Waals surface area contributed by atoms with Gasteiger partial charge in [-0.25, -0.2) is 15.0 Å². The lowest BCUT2D eigenvalue weighted by Crippen LogP contribution is -2.00. The standard InChI is InChI=1S/C51H30N4S2/c1-3-11-31(12-4-1)49-52-50(32-13-5-2-6-14-32)54-51(53-49)35-21-25-45-41(27-35)39-23-19-33(28-47(39)56-45)34-20-24-40-42-30-36(22-26-46(42)57-48(40)29-34)55-43-17-9-7-15-37(43)38-16-8-10-18-44(38)55/h1-30H. The van der Waals surface area contributed by atoms with Gasteiger partial charge in [0.25, 0.3) is 0 Å². The van der Waals surface area contributed by atoms with Gasteiger partial charge < -0.3 is 4.57 Å². The molecule has 8 aromatic carbocycles. The van der Waals surface area contributed by atoms with Crippen LogP contribution in [0.1, 0.15) is 0 Å². The van der Waals surface area contributed by atoms with Gasteiger partial charge in [0.1, 0.15) is 0 Å². The third kappa shape index (κ3) is 5.30. The van der Waals surface area contributed by atoms with Crippen molar-refractivity contribution in [2.75, 3.05) is 0 Å². The molecular weight excluding hydrogens is 733 g/mol. The van der Waals surface area contributed by atoms with E-state index < -0.39 is 0 Å². The van der Waals surface area contributed by atoms with E-state index in [0.29, 0.717) is 17.5 Å². The maximum atomic E-state index is 4.99. The number of rotatable bonds is 5. The minimum atomic E-state index is 0.665. The fourth-order valence-corrected chi connectivity index (χ4v) is 10.6. The molecule has 4 aromatic heterocycles. The van der Waals surface area contributed by atoms with E-state index in [9.17, 15) is 0 Å². The SMILES string of the molecule is c1ccc(-c2nc(-c3ccccc3)nc(-c3ccc4sc5cc(-c6ccc7c(c6)sc6ccc(-n8c9ccccc9c9ccccc98)cc67)ccc5c4c3)n2)cc1. The first-order valence-corrected chi connectivity index (χ1v) is 20.6. The Kier molecular flexibility index (Phi) is 7.24. The molecule has 0 amide bonds. The molecule has 0 bridgehead atoms. The number of hydrogen-bond donors (Lipinski definition) is 0. The molecule has 266 valence electrons. The molecule has 0 saturated heterocycles. The highest BCUT2D eigenvalue weighted by Crippen LogP contribution is 2.42. The molecule has 6 heteroatoms. The van der Waals surface area contributed by atoms with Gasteiger partial charge in [-0.1, -0.05) is 121 Å². The number of hydrogen-bond acceptors (Lipinski definition) is 5. The van der Waals surface area contributed by atoms with Gasteiger partial charge in [-0.2, -0.15) is 0 Å². The fraction of sp³-hybridized carbons (Fsp3) is 0. The Morgan fingerprint density at radius 1 is 0.298 bits per heavy atom. The highest BCUT2D eigenvalue weighted by atomic mass is 32.1. The summed E-state index contributed by atoms with van der Waals surface area (Å²) in [6, 6.07) is 65.0. The molecule has 0 radical (unpaired) electrons. The number of thiophene rings is 2. The molecule has 0 aliphatic heterocycles. The van der Waals surface area contributed by atoms with Crippen LogP contribution in [0.4, 0.5) is 0 Å². The van der Waals surface area contributed by atoms with Crippen molar-refractivity contribution in [3.8, 4) is 51.0 Å². The van der Waals surface area contributed by atoms with Crippen LogP contribution in [-0.2, 0) is 0 Å². The van der Waals surface area contributed by atoms with E-state index >= 15 is 0 Å². The van der Waals surface area contributed by atoms with Crippen LogP contribution < -0.4 is 0 Å². The second-order valence-corrected chi connectivity index (χ2v) is 16.6. The summed E-state index contributed by atoms with van der Waals surface area (Å²) in [6.45, 7) is 0. The Balaban J connectivity index is 0.921. The Hall–Kier alpha value is -6.99. The molecule has 0 aliphatic carbocycles. The molecule has 57 heavy (non-hydrogen) atoms. The van der Waals surface area contributed by atoms with Crippen molar-refractivity contribution < 1.29 is 0 Å². The van der Waals surface area contributed by atoms with Gasteiger partial charge in [-0.05, 0) is 71.8 Å². The van der Waals surface area contributed by atoms with Gasteiger partial charge in [0, 0.05) is 73.5 Å². The summed E-state index contributed by atoms with van der Waals surface area (Å²) in [4.78, 5) is 14.9. The average molecular weight is 763 g/mol. The van der Waals surface area contributed by atoms with E-state index in [1.54, 1.807) is 0 Å². The number of para-hydroxylation sites is 2. The quantitative estimate of drug-likeness (QED) is 0.175. The molecule has 0 spiro atoms. The smallest absolute Gasteiger partial charge is 0.164 e. The van der Waals surface area contributed by atoms with Gasteiger partial charge in [0.15, 0.2) is 17.5 Å². The Bertz CT molecular complexity index is 3410. The number of aromatic nitrogens is 4. The first kappa shape index (κ1) is 32.3.